The Morgan fingerprint density at radius 3 is 2.61 bits per heavy atom. The SMILES string of the molecule is O=C(O)c1ccc(CCn2c(-c3ccnc4[nH]ccc34)nc3cc(Cl)c(Cl)cc32)cc1. The first-order valence-corrected chi connectivity index (χ1v) is 10.4. The van der Waals surface area contributed by atoms with Crippen molar-refractivity contribution < 1.29 is 9.90 Å². The van der Waals surface area contributed by atoms with Crippen molar-refractivity contribution in [1.29, 1.82) is 0 Å². The van der Waals surface area contributed by atoms with Crippen molar-refractivity contribution in [3.05, 3.63) is 82.1 Å². The van der Waals surface area contributed by atoms with Crippen molar-refractivity contribution >= 4 is 51.2 Å². The summed E-state index contributed by atoms with van der Waals surface area (Å²) in [7, 11) is 0. The number of aryl methyl sites for hydroxylation is 2. The van der Waals surface area contributed by atoms with Gasteiger partial charge in [-0.1, -0.05) is 35.3 Å². The maximum Gasteiger partial charge on any atom is 0.335 e. The Bertz CT molecular complexity index is 1440. The molecule has 2 aromatic carbocycles. The van der Waals surface area contributed by atoms with Crippen molar-refractivity contribution in [2.24, 2.45) is 0 Å². The van der Waals surface area contributed by atoms with E-state index >= 15 is 0 Å². The average molecular weight is 451 g/mol. The number of pyridine rings is 1. The number of fused-ring (bicyclic) bond motifs is 2. The summed E-state index contributed by atoms with van der Waals surface area (Å²) in [6.45, 7) is 0.629. The zero-order chi connectivity index (χ0) is 21.5. The minimum atomic E-state index is -0.936. The Morgan fingerprint density at radius 2 is 1.84 bits per heavy atom. The zero-order valence-electron chi connectivity index (χ0n) is 16.1. The lowest BCUT2D eigenvalue weighted by atomic mass is 10.1. The van der Waals surface area contributed by atoms with Crippen LogP contribution in [0.15, 0.2) is 60.9 Å². The molecule has 5 aromatic rings. The van der Waals surface area contributed by atoms with Crippen LogP contribution in [0.5, 0.6) is 0 Å². The van der Waals surface area contributed by atoms with Crippen molar-refractivity contribution in [3.8, 4) is 11.4 Å². The number of hydrogen-bond donors (Lipinski definition) is 2. The molecule has 154 valence electrons. The number of nitrogens with one attached hydrogen (secondary N) is 1. The maximum atomic E-state index is 11.1. The van der Waals surface area contributed by atoms with Gasteiger partial charge in [0.25, 0.3) is 0 Å². The van der Waals surface area contributed by atoms with E-state index in [4.69, 9.17) is 33.3 Å². The first-order valence-electron chi connectivity index (χ1n) is 9.61. The second kappa shape index (κ2) is 7.72. The van der Waals surface area contributed by atoms with Crippen LogP contribution in [0, 0.1) is 0 Å². The summed E-state index contributed by atoms with van der Waals surface area (Å²) in [6, 6.07) is 14.4. The third kappa shape index (κ3) is 3.54. The molecule has 0 unspecified atom stereocenters. The van der Waals surface area contributed by atoms with Crippen LogP contribution in [0.1, 0.15) is 15.9 Å². The molecule has 2 N–H and O–H groups in total. The van der Waals surface area contributed by atoms with Crippen LogP contribution in [0.25, 0.3) is 33.5 Å². The first kappa shape index (κ1) is 19.6. The van der Waals surface area contributed by atoms with E-state index in [1.165, 1.54) is 0 Å². The summed E-state index contributed by atoms with van der Waals surface area (Å²) in [5.74, 6) is -0.142. The Morgan fingerprint density at radius 1 is 1.06 bits per heavy atom. The van der Waals surface area contributed by atoms with Gasteiger partial charge in [0, 0.05) is 29.9 Å². The molecule has 0 fully saturated rings. The molecular formula is C23H16Cl2N4O2. The maximum absolute atomic E-state index is 11.1. The van der Waals surface area contributed by atoms with Gasteiger partial charge in [0.1, 0.15) is 11.5 Å². The number of hydrogen-bond acceptors (Lipinski definition) is 3. The molecule has 31 heavy (non-hydrogen) atoms. The van der Waals surface area contributed by atoms with E-state index in [-0.39, 0.29) is 5.56 Å². The number of nitrogens with zero attached hydrogens (tertiary/aromatic N) is 3. The topological polar surface area (TPSA) is 83.8 Å². The number of rotatable bonds is 5. The molecule has 0 saturated carbocycles. The molecule has 8 heteroatoms. The Kier molecular flexibility index (Phi) is 4.88. The zero-order valence-corrected chi connectivity index (χ0v) is 17.7. The molecule has 0 aliphatic heterocycles. The summed E-state index contributed by atoms with van der Waals surface area (Å²) in [5, 5.41) is 11.0. The monoisotopic (exact) mass is 450 g/mol. The number of carboxylic acids is 1. The highest BCUT2D eigenvalue weighted by Crippen LogP contribution is 2.33. The van der Waals surface area contributed by atoms with E-state index in [1.807, 2.05) is 36.5 Å². The van der Waals surface area contributed by atoms with Crippen molar-refractivity contribution in [2.45, 2.75) is 13.0 Å². The van der Waals surface area contributed by atoms with Gasteiger partial charge in [0.15, 0.2) is 0 Å². The average Bonchev–Trinajstić information content (AvgIpc) is 3.37. The predicted octanol–water partition coefficient (Wildman–Crippen LogP) is 5.83. The molecule has 0 amide bonds. The van der Waals surface area contributed by atoms with Crippen molar-refractivity contribution in [2.75, 3.05) is 0 Å². The van der Waals surface area contributed by atoms with E-state index in [9.17, 15) is 4.79 Å². The van der Waals surface area contributed by atoms with E-state index in [1.54, 1.807) is 24.4 Å². The normalized spacial score (nSPS) is 11.4. The van der Waals surface area contributed by atoms with Crippen molar-refractivity contribution in [3.63, 3.8) is 0 Å². The molecule has 3 aromatic heterocycles. The fourth-order valence-corrected chi connectivity index (χ4v) is 4.08. The third-order valence-corrected chi connectivity index (χ3v) is 6.04. The van der Waals surface area contributed by atoms with E-state index < -0.39 is 5.97 Å². The molecular weight excluding hydrogens is 435 g/mol. The number of carboxylic acid groups (broad SMARTS) is 1. The first-order chi connectivity index (χ1) is 15.0. The number of H-pyrrole nitrogens is 1. The van der Waals surface area contributed by atoms with Gasteiger partial charge in [-0.2, -0.15) is 0 Å². The van der Waals surface area contributed by atoms with Gasteiger partial charge in [-0.25, -0.2) is 14.8 Å². The Balaban J connectivity index is 1.61. The molecule has 0 atom stereocenters. The third-order valence-electron chi connectivity index (χ3n) is 5.32. The van der Waals surface area contributed by atoms with Gasteiger partial charge >= 0.3 is 5.97 Å². The molecule has 3 heterocycles. The molecule has 6 nitrogen and oxygen atoms in total. The van der Waals surface area contributed by atoms with Gasteiger partial charge in [-0.15, -0.1) is 0 Å². The highest BCUT2D eigenvalue weighted by atomic mass is 35.5. The number of halogens is 2. The van der Waals surface area contributed by atoms with Crippen LogP contribution in [0.2, 0.25) is 10.0 Å². The standard InChI is InChI=1S/C23H16Cl2N4O2/c24-17-11-19-20(12-18(17)25)29(10-7-13-1-3-14(4-2-13)23(30)31)22(28-19)16-6-9-27-21-15(16)5-8-26-21/h1-6,8-9,11-12H,7,10H2,(H,26,27)(H,30,31). The summed E-state index contributed by atoms with van der Waals surface area (Å²) >= 11 is 12.6. The van der Waals surface area contributed by atoms with Crippen LogP contribution in [-0.4, -0.2) is 30.6 Å². The van der Waals surface area contributed by atoms with Gasteiger partial charge in [0.2, 0.25) is 0 Å². The number of benzene rings is 2. The van der Waals surface area contributed by atoms with Crippen LogP contribution >= 0.6 is 23.2 Å². The molecule has 0 aliphatic rings. The molecule has 0 spiro atoms. The fraction of sp³-hybridized carbons (Fsp3) is 0.0870. The summed E-state index contributed by atoms with van der Waals surface area (Å²) in [6.07, 6.45) is 4.30. The largest absolute Gasteiger partial charge is 0.478 e. The lowest BCUT2D eigenvalue weighted by Gasteiger charge is -2.11. The van der Waals surface area contributed by atoms with Crippen molar-refractivity contribution in [1.82, 2.24) is 19.5 Å². The number of imidazole rings is 1. The molecule has 5 rings (SSSR count). The minimum absolute atomic E-state index is 0.269. The number of aromatic carboxylic acids is 1. The van der Waals surface area contributed by atoms with Gasteiger partial charge in [-0.3, -0.25) is 0 Å². The second-order valence-corrected chi connectivity index (χ2v) is 8.01. The highest BCUT2D eigenvalue weighted by Gasteiger charge is 2.17. The second-order valence-electron chi connectivity index (χ2n) is 7.19. The summed E-state index contributed by atoms with van der Waals surface area (Å²) in [5.41, 5.74) is 4.68. The van der Waals surface area contributed by atoms with Crippen LogP contribution in [0.4, 0.5) is 0 Å². The quantitative estimate of drug-likeness (QED) is 0.352. The lowest BCUT2D eigenvalue weighted by Crippen LogP contribution is -2.04. The van der Waals surface area contributed by atoms with E-state index in [0.717, 1.165) is 39.0 Å². The van der Waals surface area contributed by atoms with Crippen LogP contribution in [-0.2, 0) is 13.0 Å². The molecule has 0 bridgehead atoms. The lowest BCUT2D eigenvalue weighted by molar-refractivity contribution is 0.0697. The molecule has 0 radical (unpaired) electrons. The van der Waals surface area contributed by atoms with Crippen LogP contribution in [0.3, 0.4) is 0 Å². The fourth-order valence-electron chi connectivity index (χ4n) is 3.76. The smallest absolute Gasteiger partial charge is 0.335 e. The number of aromatic amines is 1. The van der Waals surface area contributed by atoms with Gasteiger partial charge < -0.3 is 14.7 Å². The molecule has 0 aliphatic carbocycles. The van der Waals surface area contributed by atoms with Crippen LogP contribution < -0.4 is 0 Å². The predicted molar refractivity (Wildman–Crippen MR) is 122 cm³/mol. The number of aromatic nitrogens is 4. The summed E-state index contributed by atoms with van der Waals surface area (Å²) in [4.78, 5) is 23.5. The highest BCUT2D eigenvalue weighted by molar-refractivity contribution is 6.42. The Labute approximate surface area is 187 Å². The molecule has 0 saturated heterocycles. The Hall–Kier alpha value is -3.35. The number of carbonyl (C=O) groups is 1. The van der Waals surface area contributed by atoms with E-state index in [2.05, 4.69) is 14.5 Å². The van der Waals surface area contributed by atoms with Gasteiger partial charge in [0.05, 0.1) is 26.6 Å². The summed E-state index contributed by atoms with van der Waals surface area (Å²) < 4.78 is 2.12. The minimum Gasteiger partial charge on any atom is -0.478 e. The van der Waals surface area contributed by atoms with Gasteiger partial charge in [-0.05, 0) is 48.4 Å². The van der Waals surface area contributed by atoms with E-state index in [0.29, 0.717) is 23.0 Å².